The zero-order valence-electron chi connectivity index (χ0n) is 12.8. The summed E-state index contributed by atoms with van der Waals surface area (Å²) in [6.45, 7) is 16.3. The quantitative estimate of drug-likeness (QED) is 0.575. The summed E-state index contributed by atoms with van der Waals surface area (Å²) >= 11 is 0. The average Bonchev–Trinajstić information content (AvgIpc) is 2.76. The lowest BCUT2D eigenvalue weighted by molar-refractivity contribution is 0.134. The summed E-state index contributed by atoms with van der Waals surface area (Å²) in [6.07, 6.45) is 4.95. The normalized spacial score (nSPS) is 12.1. The highest BCUT2D eigenvalue weighted by Gasteiger charge is 2.21. The fourth-order valence-electron chi connectivity index (χ4n) is 1.93. The van der Waals surface area contributed by atoms with Gasteiger partial charge >= 0.3 is 0 Å². The van der Waals surface area contributed by atoms with E-state index in [1.165, 1.54) is 5.56 Å². The van der Waals surface area contributed by atoms with E-state index < -0.39 is 0 Å². The van der Waals surface area contributed by atoms with Gasteiger partial charge in [0.05, 0.1) is 12.8 Å². The van der Waals surface area contributed by atoms with Gasteiger partial charge in [-0.1, -0.05) is 13.0 Å². The van der Waals surface area contributed by atoms with Crippen LogP contribution in [0.3, 0.4) is 0 Å². The van der Waals surface area contributed by atoms with Crippen molar-refractivity contribution in [1.29, 1.82) is 0 Å². The molecule has 1 rings (SSSR count). The fraction of sp³-hybridized carbons (Fsp3) is 0.625. The minimum atomic E-state index is 0.113. The van der Waals surface area contributed by atoms with Gasteiger partial charge in [0.1, 0.15) is 5.76 Å². The molecule has 0 amide bonds. The van der Waals surface area contributed by atoms with E-state index in [0.717, 1.165) is 38.4 Å². The molecule has 0 aliphatic heterocycles. The molecule has 0 atom stereocenters. The Morgan fingerprint density at radius 2 is 2.16 bits per heavy atom. The van der Waals surface area contributed by atoms with E-state index in [1.54, 1.807) is 0 Å². The third-order valence-corrected chi connectivity index (χ3v) is 3.11. The zero-order chi connectivity index (χ0) is 14.3. The largest absolute Gasteiger partial charge is 0.468 e. The van der Waals surface area contributed by atoms with E-state index in [2.05, 4.69) is 50.6 Å². The molecule has 1 aromatic rings. The first-order valence-corrected chi connectivity index (χ1v) is 7.10. The molecule has 0 fully saturated rings. The van der Waals surface area contributed by atoms with Gasteiger partial charge in [0.2, 0.25) is 0 Å². The van der Waals surface area contributed by atoms with Gasteiger partial charge in [0.15, 0.2) is 0 Å². The Bertz CT molecular complexity index is 376. The van der Waals surface area contributed by atoms with E-state index in [9.17, 15) is 0 Å². The van der Waals surface area contributed by atoms with Crippen LogP contribution in [0.4, 0.5) is 0 Å². The molecule has 3 heteroatoms. The van der Waals surface area contributed by atoms with Crippen molar-refractivity contribution in [3.8, 4) is 0 Å². The van der Waals surface area contributed by atoms with E-state index in [4.69, 9.17) is 4.42 Å². The van der Waals surface area contributed by atoms with Crippen LogP contribution in [0, 0.1) is 0 Å². The summed E-state index contributed by atoms with van der Waals surface area (Å²) in [5, 5.41) is 3.38. The van der Waals surface area contributed by atoms with Crippen molar-refractivity contribution >= 4 is 0 Å². The maximum absolute atomic E-state index is 5.65. The Labute approximate surface area is 117 Å². The number of hydrogen-bond donors (Lipinski definition) is 1. The predicted molar refractivity (Wildman–Crippen MR) is 81.1 cm³/mol. The molecule has 19 heavy (non-hydrogen) atoms. The van der Waals surface area contributed by atoms with Crippen molar-refractivity contribution in [1.82, 2.24) is 10.2 Å². The summed E-state index contributed by atoms with van der Waals surface area (Å²) in [5.41, 5.74) is 1.33. The molecular weight excluding hydrogens is 236 g/mol. The van der Waals surface area contributed by atoms with Gasteiger partial charge in [-0.25, -0.2) is 0 Å². The highest BCUT2D eigenvalue weighted by atomic mass is 16.3. The molecule has 1 N–H and O–H groups in total. The van der Waals surface area contributed by atoms with Gasteiger partial charge in [-0.2, -0.15) is 0 Å². The Morgan fingerprint density at radius 1 is 1.42 bits per heavy atom. The van der Waals surface area contributed by atoms with Crippen LogP contribution in [-0.4, -0.2) is 23.5 Å². The third-order valence-electron chi connectivity index (χ3n) is 3.11. The van der Waals surface area contributed by atoms with E-state index in [-0.39, 0.29) is 5.54 Å². The number of hydrogen-bond acceptors (Lipinski definition) is 3. The summed E-state index contributed by atoms with van der Waals surface area (Å²) in [6, 6.07) is 2.14. The SMILES string of the molecule is C=CCN(Cc1cc(CNCCC)co1)C(C)(C)C. The molecule has 1 heterocycles. The van der Waals surface area contributed by atoms with Crippen molar-refractivity contribution in [2.75, 3.05) is 13.1 Å². The second-order valence-corrected chi connectivity index (χ2v) is 5.94. The second-order valence-electron chi connectivity index (χ2n) is 5.94. The van der Waals surface area contributed by atoms with Crippen LogP contribution >= 0.6 is 0 Å². The van der Waals surface area contributed by atoms with Crippen molar-refractivity contribution in [3.63, 3.8) is 0 Å². The lowest BCUT2D eigenvalue weighted by Crippen LogP contribution is -2.40. The molecule has 0 aliphatic rings. The Balaban J connectivity index is 2.57. The third kappa shape index (κ3) is 5.62. The molecule has 1 aromatic heterocycles. The molecule has 108 valence electrons. The molecule has 0 radical (unpaired) electrons. The molecule has 0 unspecified atom stereocenters. The molecule has 0 saturated carbocycles. The second kappa shape index (κ2) is 7.51. The molecule has 3 nitrogen and oxygen atoms in total. The van der Waals surface area contributed by atoms with Crippen LogP contribution in [0.5, 0.6) is 0 Å². The van der Waals surface area contributed by atoms with Gasteiger partial charge in [-0.3, -0.25) is 4.90 Å². The van der Waals surface area contributed by atoms with E-state index >= 15 is 0 Å². The number of nitrogens with one attached hydrogen (secondary N) is 1. The van der Waals surface area contributed by atoms with Crippen molar-refractivity contribution in [3.05, 3.63) is 36.3 Å². The van der Waals surface area contributed by atoms with Crippen LogP contribution in [0.2, 0.25) is 0 Å². The topological polar surface area (TPSA) is 28.4 Å². The maximum atomic E-state index is 5.65. The first-order valence-electron chi connectivity index (χ1n) is 7.10. The van der Waals surface area contributed by atoms with Crippen LogP contribution in [-0.2, 0) is 13.1 Å². The van der Waals surface area contributed by atoms with Gasteiger partial charge in [-0.05, 0) is 39.8 Å². The summed E-state index contributed by atoms with van der Waals surface area (Å²) in [4.78, 5) is 2.35. The van der Waals surface area contributed by atoms with Crippen molar-refractivity contribution in [2.45, 2.75) is 52.7 Å². The van der Waals surface area contributed by atoms with Gasteiger partial charge in [0.25, 0.3) is 0 Å². The summed E-state index contributed by atoms with van der Waals surface area (Å²) < 4.78 is 5.65. The highest BCUT2D eigenvalue weighted by Crippen LogP contribution is 2.18. The standard InChI is InChI=1S/C16H28N2O/c1-6-8-17-11-14-10-15(19-13-14)12-18(9-7-2)16(3,4)5/h7,10,13,17H,2,6,8-9,11-12H2,1,3-5H3. The zero-order valence-corrected chi connectivity index (χ0v) is 12.8. The summed E-state index contributed by atoms with van der Waals surface area (Å²) in [7, 11) is 0. The monoisotopic (exact) mass is 264 g/mol. The lowest BCUT2D eigenvalue weighted by Gasteiger charge is -2.34. The molecule has 0 aliphatic carbocycles. The van der Waals surface area contributed by atoms with Gasteiger partial charge < -0.3 is 9.73 Å². The molecular formula is C16H28N2O. The fourth-order valence-corrected chi connectivity index (χ4v) is 1.93. The number of furan rings is 1. The van der Waals surface area contributed by atoms with E-state index in [1.807, 2.05) is 12.3 Å². The smallest absolute Gasteiger partial charge is 0.118 e. The average molecular weight is 264 g/mol. The van der Waals surface area contributed by atoms with Gasteiger partial charge in [0, 0.05) is 24.2 Å². The van der Waals surface area contributed by atoms with Crippen molar-refractivity contribution < 1.29 is 4.42 Å². The van der Waals surface area contributed by atoms with Crippen LogP contribution in [0.15, 0.2) is 29.4 Å². The molecule has 0 spiro atoms. The molecule has 0 aromatic carbocycles. The van der Waals surface area contributed by atoms with E-state index in [0.29, 0.717) is 0 Å². The Hall–Kier alpha value is -1.06. The highest BCUT2D eigenvalue weighted by molar-refractivity contribution is 5.13. The van der Waals surface area contributed by atoms with Crippen LogP contribution < -0.4 is 5.32 Å². The lowest BCUT2D eigenvalue weighted by atomic mass is 10.1. The van der Waals surface area contributed by atoms with Crippen LogP contribution in [0.1, 0.15) is 45.4 Å². The Kier molecular flexibility index (Phi) is 6.32. The van der Waals surface area contributed by atoms with Crippen molar-refractivity contribution in [2.24, 2.45) is 0 Å². The Morgan fingerprint density at radius 3 is 2.74 bits per heavy atom. The maximum Gasteiger partial charge on any atom is 0.118 e. The minimum Gasteiger partial charge on any atom is -0.468 e. The number of rotatable bonds is 8. The number of nitrogens with zero attached hydrogens (tertiary/aromatic N) is 1. The predicted octanol–water partition coefficient (Wildman–Crippen LogP) is 3.57. The minimum absolute atomic E-state index is 0.113. The molecule has 0 bridgehead atoms. The first kappa shape index (κ1) is 16.0. The molecule has 0 saturated heterocycles. The van der Waals surface area contributed by atoms with Gasteiger partial charge in [-0.15, -0.1) is 6.58 Å². The van der Waals surface area contributed by atoms with Crippen LogP contribution in [0.25, 0.3) is 0 Å². The summed E-state index contributed by atoms with van der Waals surface area (Å²) in [5.74, 6) is 1.02. The first-order chi connectivity index (χ1) is 8.97.